The van der Waals surface area contributed by atoms with Gasteiger partial charge in [0.25, 0.3) is 0 Å². The molecule has 24 heavy (non-hydrogen) atoms. The second-order valence-electron chi connectivity index (χ2n) is 5.27. The van der Waals surface area contributed by atoms with Crippen molar-refractivity contribution in [3.63, 3.8) is 0 Å². The molecule has 2 rings (SSSR count). The van der Waals surface area contributed by atoms with Crippen LogP contribution in [0.3, 0.4) is 0 Å². The van der Waals surface area contributed by atoms with Gasteiger partial charge in [0, 0.05) is 23.3 Å². The zero-order valence-electron chi connectivity index (χ0n) is 13.8. The molecule has 0 unspecified atom stereocenters. The molecule has 0 aromatic heterocycles. The summed E-state index contributed by atoms with van der Waals surface area (Å²) in [4.78, 5) is 0. The van der Waals surface area contributed by atoms with E-state index in [4.69, 9.17) is 9.47 Å². The summed E-state index contributed by atoms with van der Waals surface area (Å²) in [6.45, 7) is 2.05. The van der Waals surface area contributed by atoms with Crippen LogP contribution in [0.5, 0.6) is 11.5 Å². The van der Waals surface area contributed by atoms with Gasteiger partial charge in [-0.3, -0.25) is 0 Å². The molecule has 0 spiro atoms. The second-order valence-corrected chi connectivity index (χ2v) is 5.27. The highest BCUT2D eigenvalue weighted by Crippen LogP contribution is 2.32. The Hall–Kier alpha value is -2.43. The largest absolute Gasteiger partial charge is 0.496 e. The van der Waals surface area contributed by atoms with Crippen LogP contribution in [0.25, 0.3) is 12.2 Å². The van der Waals surface area contributed by atoms with E-state index in [9.17, 15) is 13.2 Å². The Morgan fingerprint density at radius 2 is 1.42 bits per heavy atom. The maximum absolute atomic E-state index is 13.7. The molecule has 0 aliphatic heterocycles. The fourth-order valence-corrected chi connectivity index (χ4v) is 2.49. The van der Waals surface area contributed by atoms with Crippen LogP contribution >= 0.6 is 0 Å². The fourth-order valence-electron chi connectivity index (χ4n) is 2.49. The van der Waals surface area contributed by atoms with Gasteiger partial charge in [-0.25, -0.2) is 13.2 Å². The van der Waals surface area contributed by atoms with Crippen molar-refractivity contribution < 1.29 is 22.6 Å². The van der Waals surface area contributed by atoms with Gasteiger partial charge in [0.1, 0.15) is 29.0 Å². The first-order valence-corrected chi connectivity index (χ1v) is 7.57. The highest BCUT2D eigenvalue weighted by atomic mass is 19.1. The van der Waals surface area contributed by atoms with Crippen molar-refractivity contribution in [3.8, 4) is 11.5 Å². The SMILES string of the molecule is CCCc1c(OC)cc(/C=C/c2c(F)cc(F)cc2F)cc1OC. The van der Waals surface area contributed by atoms with Gasteiger partial charge in [0.15, 0.2) is 0 Å². The molecule has 0 amide bonds. The molecule has 0 fully saturated rings. The molecule has 0 heterocycles. The van der Waals surface area contributed by atoms with Crippen LogP contribution in [0, 0.1) is 17.5 Å². The van der Waals surface area contributed by atoms with Crippen LogP contribution in [0.4, 0.5) is 13.2 Å². The van der Waals surface area contributed by atoms with Gasteiger partial charge in [-0.1, -0.05) is 19.4 Å². The third-order valence-electron chi connectivity index (χ3n) is 3.62. The fraction of sp³-hybridized carbons (Fsp3) is 0.263. The highest BCUT2D eigenvalue weighted by molar-refractivity contribution is 5.72. The van der Waals surface area contributed by atoms with Gasteiger partial charge in [-0.15, -0.1) is 0 Å². The molecule has 2 aromatic rings. The lowest BCUT2D eigenvalue weighted by Crippen LogP contribution is -1.97. The lowest BCUT2D eigenvalue weighted by Gasteiger charge is -2.14. The monoisotopic (exact) mass is 336 g/mol. The minimum atomic E-state index is -0.953. The summed E-state index contributed by atoms with van der Waals surface area (Å²) in [5, 5.41) is 0. The van der Waals surface area contributed by atoms with Crippen molar-refractivity contribution in [1.29, 1.82) is 0 Å². The predicted molar refractivity (Wildman–Crippen MR) is 88.8 cm³/mol. The average Bonchev–Trinajstić information content (AvgIpc) is 2.54. The number of hydrogen-bond acceptors (Lipinski definition) is 2. The van der Waals surface area contributed by atoms with E-state index in [1.54, 1.807) is 26.4 Å². The number of ether oxygens (including phenoxy) is 2. The van der Waals surface area contributed by atoms with Crippen LogP contribution in [0.15, 0.2) is 24.3 Å². The Labute approximate surface area is 139 Å². The molecule has 5 heteroatoms. The van der Waals surface area contributed by atoms with Gasteiger partial charge in [0.05, 0.1) is 14.2 Å². The third kappa shape index (κ3) is 3.91. The number of hydrogen-bond donors (Lipinski definition) is 0. The van der Waals surface area contributed by atoms with E-state index in [1.807, 2.05) is 6.92 Å². The molecule has 128 valence electrons. The first kappa shape index (κ1) is 17.9. The lowest BCUT2D eigenvalue weighted by molar-refractivity contribution is 0.385. The molecule has 0 saturated heterocycles. The van der Waals surface area contributed by atoms with Gasteiger partial charge in [-0.2, -0.15) is 0 Å². The molecule has 0 atom stereocenters. The highest BCUT2D eigenvalue weighted by Gasteiger charge is 2.12. The molecule has 2 aromatic carbocycles. The molecular formula is C19H19F3O2. The van der Waals surface area contributed by atoms with Crippen molar-refractivity contribution in [3.05, 3.63) is 58.4 Å². The van der Waals surface area contributed by atoms with E-state index in [2.05, 4.69) is 0 Å². The third-order valence-corrected chi connectivity index (χ3v) is 3.62. The molecular weight excluding hydrogens is 317 g/mol. The van der Waals surface area contributed by atoms with Crippen LogP contribution < -0.4 is 9.47 Å². The van der Waals surface area contributed by atoms with Crippen molar-refractivity contribution >= 4 is 12.2 Å². The van der Waals surface area contributed by atoms with Crippen molar-refractivity contribution in [2.45, 2.75) is 19.8 Å². The van der Waals surface area contributed by atoms with E-state index < -0.39 is 17.5 Å². The minimum Gasteiger partial charge on any atom is -0.496 e. The summed E-state index contributed by atoms with van der Waals surface area (Å²) in [5.74, 6) is -1.56. The lowest BCUT2D eigenvalue weighted by atomic mass is 10.0. The summed E-state index contributed by atoms with van der Waals surface area (Å²) in [6, 6.07) is 4.83. The Balaban J connectivity index is 2.43. The average molecular weight is 336 g/mol. The zero-order valence-corrected chi connectivity index (χ0v) is 13.8. The van der Waals surface area contributed by atoms with Crippen LogP contribution in [-0.2, 0) is 6.42 Å². The number of rotatable bonds is 6. The normalized spacial score (nSPS) is 11.1. The molecule has 0 bridgehead atoms. The van der Waals surface area contributed by atoms with E-state index in [0.29, 0.717) is 29.2 Å². The topological polar surface area (TPSA) is 18.5 Å². The Kier molecular flexibility index (Phi) is 5.90. The van der Waals surface area contributed by atoms with Crippen molar-refractivity contribution in [2.24, 2.45) is 0 Å². The van der Waals surface area contributed by atoms with Gasteiger partial charge < -0.3 is 9.47 Å². The van der Waals surface area contributed by atoms with E-state index >= 15 is 0 Å². The molecule has 0 aliphatic carbocycles. The summed E-state index contributed by atoms with van der Waals surface area (Å²) >= 11 is 0. The van der Waals surface area contributed by atoms with E-state index in [-0.39, 0.29) is 5.56 Å². The molecule has 0 aliphatic rings. The standard InChI is InChI=1S/C19H19F3O2/c1-4-5-15-18(23-2)8-12(9-19(15)24-3)6-7-14-16(21)10-13(20)11-17(14)22/h6-11H,4-5H2,1-3H3/b7-6+. The van der Waals surface area contributed by atoms with Gasteiger partial charge in [-0.05, 0) is 30.2 Å². The number of benzene rings is 2. The molecule has 0 radical (unpaired) electrons. The zero-order chi connectivity index (χ0) is 17.7. The van der Waals surface area contributed by atoms with Crippen molar-refractivity contribution in [2.75, 3.05) is 14.2 Å². The number of halogens is 3. The summed E-state index contributed by atoms with van der Waals surface area (Å²) < 4.78 is 51.1. The smallest absolute Gasteiger partial charge is 0.136 e. The Bertz CT molecular complexity index is 706. The molecule has 0 N–H and O–H groups in total. The van der Waals surface area contributed by atoms with E-state index in [1.165, 1.54) is 12.2 Å². The predicted octanol–water partition coefficient (Wildman–Crippen LogP) is 5.24. The van der Waals surface area contributed by atoms with Crippen LogP contribution in [-0.4, -0.2) is 14.2 Å². The second kappa shape index (κ2) is 7.90. The Morgan fingerprint density at radius 3 is 1.88 bits per heavy atom. The van der Waals surface area contributed by atoms with Crippen molar-refractivity contribution in [1.82, 2.24) is 0 Å². The first-order valence-electron chi connectivity index (χ1n) is 7.57. The molecule has 2 nitrogen and oxygen atoms in total. The first-order chi connectivity index (χ1) is 11.5. The van der Waals surface area contributed by atoms with Crippen LogP contribution in [0.1, 0.15) is 30.0 Å². The maximum Gasteiger partial charge on any atom is 0.136 e. The Morgan fingerprint density at radius 1 is 0.875 bits per heavy atom. The summed E-state index contributed by atoms with van der Waals surface area (Å²) in [6.07, 6.45) is 4.50. The summed E-state index contributed by atoms with van der Waals surface area (Å²) in [5.41, 5.74) is 1.30. The molecule has 0 saturated carbocycles. The van der Waals surface area contributed by atoms with Crippen LogP contribution in [0.2, 0.25) is 0 Å². The van der Waals surface area contributed by atoms with Gasteiger partial charge in [0.2, 0.25) is 0 Å². The quantitative estimate of drug-likeness (QED) is 0.671. The summed E-state index contributed by atoms with van der Waals surface area (Å²) in [7, 11) is 3.11. The number of methoxy groups -OCH3 is 2. The van der Waals surface area contributed by atoms with E-state index in [0.717, 1.165) is 18.4 Å². The maximum atomic E-state index is 13.7. The minimum absolute atomic E-state index is 0.299. The van der Waals surface area contributed by atoms with Gasteiger partial charge >= 0.3 is 0 Å².